The van der Waals surface area contributed by atoms with Crippen molar-refractivity contribution < 1.29 is 0 Å². The highest BCUT2D eigenvalue weighted by Crippen LogP contribution is 2.33. The summed E-state index contributed by atoms with van der Waals surface area (Å²) in [6, 6.07) is 0.674. The Kier molecular flexibility index (Phi) is 3.84. The molecule has 2 heterocycles. The van der Waals surface area contributed by atoms with E-state index in [1.807, 2.05) is 0 Å². The molecule has 2 aliphatic heterocycles. The maximum Gasteiger partial charge on any atom is 0.0473 e. The molecule has 4 heteroatoms. The summed E-state index contributed by atoms with van der Waals surface area (Å²) in [6.07, 6.45) is 1.23. The van der Waals surface area contributed by atoms with E-state index in [4.69, 9.17) is 5.73 Å². The summed E-state index contributed by atoms with van der Waals surface area (Å²) in [6.45, 7) is 9.03. The van der Waals surface area contributed by atoms with Gasteiger partial charge in [-0.2, -0.15) is 11.8 Å². The van der Waals surface area contributed by atoms with Crippen molar-refractivity contribution in [2.45, 2.75) is 37.1 Å². The van der Waals surface area contributed by atoms with Crippen LogP contribution in [0.1, 0.15) is 20.3 Å². The second kappa shape index (κ2) is 4.84. The summed E-state index contributed by atoms with van der Waals surface area (Å²) in [7, 11) is 2.23. The van der Waals surface area contributed by atoms with Gasteiger partial charge in [-0.15, -0.1) is 0 Å². The van der Waals surface area contributed by atoms with Crippen LogP contribution < -0.4 is 5.73 Å². The van der Waals surface area contributed by atoms with E-state index in [2.05, 4.69) is 42.5 Å². The number of likely N-dealkylation sites (N-methyl/N-ethyl adjacent to an activating group) is 1. The largest absolute Gasteiger partial charge is 0.329 e. The SMILES string of the molecule is CC1CN(C2(CN)CC(C)N(C)C2)CCS1. The first-order chi connectivity index (χ1) is 7.57. The van der Waals surface area contributed by atoms with Crippen LogP contribution >= 0.6 is 11.8 Å². The average Bonchev–Trinajstić information content (AvgIpc) is 2.56. The number of likely N-dealkylation sites (tertiary alicyclic amines) is 1. The van der Waals surface area contributed by atoms with Gasteiger partial charge in [-0.1, -0.05) is 6.92 Å². The molecule has 2 N–H and O–H groups in total. The molecule has 16 heavy (non-hydrogen) atoms. The minimum atomic E-state index is 0.253. The summed E-state index contributed by atoms with van der Waals surface area (Å²) in [5.74, 6) is 1.26. The van der Waals surface area contributed by atoms with Crippen molar-refractivity contribution in [3.8, 4) is 0 Å². The summed E-state index contributed by atoms with van der Waals surface area (Å²) in [5.41, 5.74) is 6.35. The zero-order valence-electron chi connectivity index (χ0n) is 10.8. The smallest absolute Gasteiger partial charge is 0.0473 e. The van der Waals surface area contributed by atoms with Gasteiger partial charge in [0.05, 0.1) is 0 Å². The van der Waals surface area contributed by atoms with E-state index in [0.717, 1.165) is 18.3 Å². The minimum absolute atomic E-state index is 0.253. The van der Waals surface area contributed by atoms with E-state index in [1.54, 1.807) is 0 Å². The lowest BCUT2D eigenvalue weighted by Crippen LogP contribution is -2.58. The van der Waals surface area contributed by atoms with Gasteiger partial charge in [0.2, 0.25) is 0 Å². The molecule has 0 bridgehead atoms. The summed E-state index contributed by atoms with van der Waals surface area (Å²) in [4.78, 5) is 5.12. The summed E-state index contributed by atoms with van der Waals surface area (Å²) >= 11 is 2.10. The number of thioether (sulfide) groups is 1. The molecular weight excluding hydrogens is 218 g/mol. The summed E-state index contributed by atoms with van der Waals surface area (Å²) in [5, 5.41) is 0.762. The highest BCUT2D eigenvalue weighted by molar-refractivity contribution is 7.99. The normalized spacial score (nSPS) is 42.8. The number of nitrogens with two attached hydrogens (primary N) is 1. The third-order valence-electron chi connectivity index (χ3n) is 4.26. The maximum absolute atomic E-state index is 6.09. The van der Waals surface area contributed by atoms with E-state index in [1.165, 1.54) is 25.3 Å². The van der Waals surface area contributed by atoms with Crippen LogP contribution in [0.2, 0.25) is 0 Å². The quantitative estimate of drug-likeness (QED) is 0.779. The Morgan fingerprint density at radius 3 is 2.69 bits per heavy atom. The highest BCUT2D eigenvalue weighted by atomic mass is 32.2. The molecule has 0 aliphatic carbocycles. The lowest BCUT2D eigenvalue weighted by molar-refractivity contribution is 0.107. The van der Waals surface area contributed by atoms with Gasteiger partial charge in [0.1, 0.15) is 0 Å². The van der Waals surface area contributed by atoms with Crippen molar-refractivity contribution >= 4 is 11.8 Å². The van der Waals surface area contributed by atoms with E-state index in [0.29, 0.717) is 6.04 Å². The van der Waals surface area contributed by atoms with Crippen LogP contribution in [0.15, 0.2) is 0 Å². The lowest BCUT2D eigenvalue weighted by atomic mass is 9.93. The lowest BCUT2D eigenvalue weighted by Gasteiger charge is -2.44. The van der Waals surface area contributed by atoms with Crippen molar-refractivity contribution in [2.75, 3.05) is 39.0 Å². The molecular formula is C12H25N3S. The average molecular weight is 243 g/mol. The van der Waals surface area contributed by atoms with E-state index < -0.39 is 0 Å². The molecule has 0 saturated carbocycles. The van der Waals surface area contributed by atoms with Crippen molar-refractivity contribution in [3.63, 3.8) is 0 Å². The first-order valence-corrected chi connectivity index (χ1v) is 7.39. The standard InChI is InChI=1S/C12H25N3S/c1-10-6-12(8-13,9-14(10)3)15-4-5-16-11(2)7-15/h10-11H,4-9,13H2,1-3H3. The van der Waals surface area contributed by atoms with Gasteiger partial charge in [0.15, 0.2) is 0 Å². The highest BCUT2D eigenvalue weighted by Gasteiger charge is 2.44. The Balaban J connectivity index is 2.09. The fourth-order valence-electron chi connectivity index (χ4n) is 3.15. The second-order valence-corrected chi connectivity index (χ2v) is 7.07. The van der Waals surface area contributed by atoms with E-state index in [9.17, 15) is 0 Å². The third kappa shape index (κ3) is 2.26. The van der Waals surface area contributed by atoms with Crippen molar-refractivity contribution in [3.05, 3.63) is 0 Å². The van der Waals surface area contributed by atoms with Crippen molar-refractivity contribution in [2.24, 2.45) is 5.73 Å². The molecule has 3 unspecified atom stereocenters. The van der Waals surface area contributed by atoms with Crippen LogP contribution in [0.4, 0.5) is 0 Å². The number of rotatable bonds is 2. The predicted molar refractivity (Wildman–Crippen MR) is 72.0 cm³/mol. The first-order valence-electron chi connectivity index (χ1n) is 6.34. The number of hydrogen-bond acceptors (Lipinski definition) is 4. The zero-order chi connectivity index (χ0) is 11.8. The van der Waals surface area contributed by atoms with Gasteiger partial charge in [-0.05, 0) is 20.4 Å². The molecule has 0 aromatic rings. The number of hydrogen-bond donors (Lipinski definition) is 1. The van der Waals surface area contributed by atoms with Gasteiger partial charge >= 0.3 is 0 Å². The molecule has 2 rings (SSSR count). The molecule has 0 aromatic carbocycles. The van der Waals surface area contributed by atoms with Crippen molar-refractivity contribution in [1.29, 1.82) is 0 Å². The van der Waals surface area contributed by atoms with E-state index >= 15 is 0 Å². The fraction of sp³-hybridized carbons (Fsp3) is 1.00. The second-order valence-electron chi connectivity index (χ2n) is 5.52. The topological polar surface area (TPSA) is 32.5 Å². The monoisotopic (exact) mass is 243 g/mol. The van der Waals surface area contributed by atoms with Crippen molar-refractivity contribution in [1.82, 2.24) is 9.80 Å². The van der Waals surface area contributed by atoms with Crippen LogP contribution in [0.25, 0.3) is 0 Å². The molecule has 0 aromatic heterocycles. The Bertz CT molecular complexity index is 236. The Morgan fingerprint density at radius 1 is 1.44 bits per heavy atom. The van der Waals surface area contributed by atoms with Gasteiger partial charge in [0.25, 0.3) is 0 Å². The predicted octanol–water partition coefficient (Wildman–Crippen LogP) is 0.845. The molecule has 0 spiro atoms. The molecule has 2 aliphatic rings. The van der Waals surface area contributed by atoms with Gasteiger partial charge < -0.3 is 10.6 Å². The van der Waals surface area contributed by atoms with Crippen LogP contribution in [0, 0.1) is 0 Å². The molecule has 0 amide bonds. The molecule has 3 nitrogen and oxygen atoms in total. The zero-order valence-corrected chi connectivity index (χ0v) is 11.6. The van der Waals surface area contributed by atoms with Crippen LogP contribution in [-0.4, -0.2) is 65.6 Å². The fourth-order valence-corrected chi connectivity index (χ4v) is 4.16. The molecule has 94 valence electrons. The summed E-state index contributed by atoms with van der Waals surface area (Å²) < 4.78 is 0. The Hall–Kier alpha value is 0.230. The molecule has 0 radical (unpaired) electrons. The van der Waals surface area contributed by atoms with Gasteiger partial charge in [-0.3, -0.25) is 4.90 Å². The van der Waals surface area contributed by atoms with E-state index in [-0.39, 0.29) is 5.54 Å². The Labute approximate surface area is 104 Å². The third-order valence-corrected chi connectivity index (χ3v) is 5.40. The van der Waals surface area contributed by atoms with Crippen LogP contribution in [0.3, 0.4) is 0 Å². The van der Waals surface area contributed by atoms with Gasteiger partial charge in [-0.25, -0.2) is 0 Å². The maximum atomic E-state index is 6.09. The molecule has 2 fully saturated rings. The van der Waals surface area contributed by atoms with Crippen LogP contribution in [-0.2, 0) is 0 Å². The molecule has 3 atom stereocenters. The Morgan fingerprint density at radius 2 is 2.19 bits per heavy atom. The number of nitrogens with zero attached hydrogens (tertiary/aromatic N) is 2. The minimum Gasteiger partial charge on any atom is -0.329 e. The molecule has 2 saturated heterocycles. The first kappa shape index (κ1) is 12.7. The van der Waals surface area contributed by atoms with Gasteiger partial charge in [0, 0.05) is 48.8 Å². The van der Waals surface area contributed by atoms with Crippen LogP contribution in [0.5, 0.6) is 0 Å².